The maximum Gasteiger partial charge on any atom is 0.280 e. The normalized spacial score (nSPS) is 22.1. The van der Waals surface area contributed by atoms with E-state index in [0.29, 0.717) is 12.1 Å². The predicted octanol–water partition coefficient (Wildman–Crippen LogP) is 2.89. The number of rotatable bonds is 12. The van der Waals surface area contributed by atoms with E-state index in [0.717, 1.165) is 24.1 Å². The quantitative estimate of drug-likeness (QED) is 0.123. The van der Waals surface area contributed by atoms with Gasteiger partial charge < -0.3 is 29.5 Å². The number of H-pyrrole nitrogens is 1. The number of fused-ring (bicyclic) bond motifs is 1. The van der Waals surface area contributed by atoms with Crippen LogP contribution in [0.15, 0.2) is 35.4 Å². The van der Waals surface area contributed by atoms with Gasteiger partial charge in [0.05, 0.1) is 42.6 Å². The van der Waals surface area contributed by atoms with Gasteiger partial charge in [0.15, 0.2) is 17.4 Å². The predicted molar refractivity (Wildman–Crippen MR) is 155 cm³/mol. The molecule has 0 spiro atoms. The Balaban J connectivity index is 1.66. The topological polar surface area (TPSA) is 181 Å². The molecule has 1 saturated heterocycles. The fourth-order valence-corrected chi connectivity index (χ4v) is 5.71. The molecular formula is C28H42N7O7+. The van der Waals surface area contributed by atoms with Gasteiger partial charge in [0, 0.05) is 6.07 Å². The molecule has 1 unspecified atom stereocenters. The Kier molecular flexibility index (Phi) is 9.33. The third-order valence-corrected chi connectivity index (χ3v) is 8.31. The fourth-order valence-electron chi connectivity index (χ4n) is 5.71. The molecule has 0 bridgehead atoms. The third-order valence-electron chi connectivity index (χ3n) is 8.31. The number of imidazole rings is 1. The second-order valence-electron chi connectivity index (χ2n) is 11.8. The monoisotopic (exact) mass is 588 g/mol. The summed E-state index contributed by atoms with van der Waals surface area (Å²) in [5.41, 5.74) is 5.44. The van der Waals surface area contributed by atoms with Crippen LogP contribution >= 0.6 is 0 Å². The van der Waals surface area contributed by atoms with Gasteiger partial charge in [-0.2, -0.15) is 4.98 Å². The minimum atomic E-state index is -1.06. The number of ether oxygens (including phenoxy) is 3. The first-order valence-corrected chi connectivity index (χ1v) is 14.2. The highest BCUT2D eigenvalue weighted by Gasteiger charge is 2.49. The molecule has 3 heterocycles. The number of aromatic amines is 1. The smallest absolute Gasteiger partial charge is 0.280 e. The molecule has 3 aromatic rings. The zero-order valence-corrected chi connectivity index (χ0v) is 25.0. The van der Waals surface area contributed by atoms with Crippen LogP contribution in [0.5, 0.6) is 0 Å². The van der Waals surface area contributed by atoms with Crippen molar-refractivity contribution in [3.63, 3.8) is 0 Å². The summed E-state index contributed by atoms with van der Waals surface area (Å²) in [5, 5.41) is 23.3. The number of para-hydroxylation sites is 1. The molecule has 4 N–H and O–H groups in total. The summed E-state index contributed by atoms with van der Waals surface area (Å²) in [6.45, 7) is 14.9. The molecule has 0 saturated carbocycles. The van der Waals surface area contributed by atoms with Crippen molar-refractivity contribution in [2.24, 2.45) is 5.41 Å². The Morgan fingerprint density at radius 1 is 1.24 bits per heavy atom. The molecule has 14 nitrogen and oxygen atoms in total. The maximum atomic E-state index is 12.4. The van der Waals surface area contributed by atoms with Crippen LogP contribution in [0, 0.1) is 15.5 Å². The van der Waals surface area contributed by atoms with E-state index in [9.17, 15) is 20.0 Å². The van der Waals surface area contributed by atoms with Crippen molar-refractivity contribution in [2.75, 3.05) is 38.7 Å². The van der Waals surface area contributed by atoms with E-state index in [1.54, 1.807) is 18.2 Å². The molecule has 2 aromatic heterocycles. The first-order chi connectivity index (χ1) is 19.9. The maximum absolute atomic E-state index is 12.4. The van der Waals surface area contributed by atoms with Gasteiger partial charge >= 0.3 is 0 Å². The molecule has 1 aliphatic heterocycles. The number of aromatic nitrogens is 4. The highest BCUT2D eigenvalue weighted by atomic mass is 16.7. The molecule has 5 atom stereocenters. The molecule has 14 heteroatoms. The van der Waals surface area contributed by atoms with E-state index in [2.05, 4.69) is 35.7 Å². The van der Waals surface area contributed by atoms with Crippen LogP contribution in [0.1, 0.15) is 59.4 Å². The lowest BCUT2D eigenvalue weighted by Gasteiger charge is -2.38. The highest BCUT2D eigenvalue weighted by Crippen LogP contribution is 2.41. The standard InChI is InChI=1S/C28H41N7O7/c1-7-35(8-2,9-3)14-19-21(36)22(26(42-19)33-15-30-20-24(33)31-27(29)32-25(20)37)40-16-41-23(28(4,5)6)17-12-10-11-13-18(17)34(38)39/h10-13,15,19,21-23,26,36H,7-9,14,16H2,1-6H3,(H2-,29,31,32,37)/p+1/t19-,21+,22-,23?,26-/m1/s1. The van der Waals surface area contributed by atoms with Crippen molar-refractivity contribution in [1.29, 1.82) is 0 Å². The van der Waals surface area contributed by atoms with Crippen LogP contribution in [0.4, 0.5) is 11.6 Å². The average molecular weight is 589 g/mol. The molecule has 1 fully saturated rings. The van der Waals surface area contributed by atoms with E-state index in [-0.39, 0.29) is 29.6 Å². The Bertz CT molecular complexity index is 1440. The number of aliphatic hydroxyl groups is 1. The number of likely N-dealkylation sites (N-methyl/N-ethyl adjacent to an activating group) is 1. The van der Waals surface area contributed by atoms with E-state index >= 15 is 0 Å². The van der Waals surface area contributed by atoms with Gasteiger partial charge in [-0.1, -0.05) is 32.9 Å². The number of anilines is 1. The highest BCUT2D eigenvalue weighted by molar-refractivity contribution is 5.70. The second kappa shape index (κ2) is 12.4. The minimum absolute atomic E-state index is 0.0498. The lowest BCUT2D eigenvalue weighted by Crippen LogP contribution is -2.54. The number of nitrogens with one attached hydrogen (secondary N) is 1. The molecule has 0 aliphatic carbocycles. The third kappa shape index (κ3) is 6.17. The molecular weight excluding hydrogens is 546 g/mol. The van der Waals surface area contributed by atoms with Gasteiger partial charge in [-0.25, -0.2) is 4.98 Å². The van der Waals surface area contributed by atoms with Gasteiger partial charge in [0.1, 0.15) is 31.6 Å². The number of nitro benzene ring substituents is 1. The molecule has 4 rings (SSSR count). The van der Waals surface area contributed by atoms with Crippen molar-refractivity contribution >= 4 is 22.8 Å². The summed E-state index contributed by atoms with van der Waals surface area (Å²) < 4.78 is 21.1. The van der Waals surface area contributed by atoms with Gasteiger partial charge in [-0.05, 0) is 32.3 Å². The summed E-state index contributed by atoms with van der Waals surface area (Å²) in [5.74, 6) is -0.0822. The minimum Gasteiger partial charge on any atom is -0.387 e. The van der Waals surface area contributed by atoms with Crippen molar-refractivity contribution in [3.8, 4) is 0 Å². The van der Waals surface area contributed by atoms with Crippen molar-refractivity contribution in [3.05, 3.63) is 56.6 Å². The van der Waals surface area contributed by atoms with E-state index < -0.39 is 46.5 Å². The number of hydrogen-bond donors (Lipinski definition) is 3. The molecule has 230 valence electrons. The van der Waals surface area contributed by atoms with Gasteiger partial charge in [0.2, 0.25) is 5.95 Å². The number of hydrogen-bond acceptors (Lipinski definition) is 10. The van der Waals surface area contributed by atoms with E-state index in [1.807, 2.05) is 20.8 Å². The van der Waals surface area contributed by atoms with Crippen LogP contribution < -0.4 is 11.3 Å². The summed E-state index contributed by atoms with van der Waals surface area (Å²) >= 11 is 0. The molecule has 1 aliphatic rings. The van der Waals surface area contributed by atoms with Gasteiger partial charge in [0.25, 0.3) is 11.2 Å². The zero-order valence-electron chi connectivity index (χ0n) is 25.0. The molecule has 42 heavy (non-hydrogen) atoms. The zero-order chi connectivity index (χ0) is 30.8. The van der Waals surface area contributed by atoms with E-state index in [4.69, 9.17) is 19.9 Å². The first-order valence-electron chi connectivity index (χ1n) is 14.2. The van der Waals surface area contributed by atoms with Gasteiger partial charge in [-0.15, -0.1) is 0 Å². The number of nitrogens with zero attached hydrogens (tertiary/aromatic N) is 5. The number of nitrogens with two attached hydrogens (primary N) is 1. The molecule has 0 amide bonds. The fraction of sp³-hybridized carbons (Fsp3) is 0.607. The van der Waals surface area contributed by atoms with Crippen molar-refractivity contribution in [1.82, 2.24) is 19.5 Å². The number of aliphatic hydroxyl groups excluding tert-OH is 1. The summed E-state index contributed by atoms with van der Waals surface area (Å²) in [6.07, 6.45) is -2.78. The lowest BCUT2D eigenvalue weighted by atomic mass is 9.84. The van der Waals surface area contributed by atoms with Crippen LogP contribution in [0.2, 0.25) is 0 Å². The summed E-state index contributed by atoms with van der Waals surface area (Å²) in [7, 11) is 0. The lowest BCUT2D eigenvalue weighted by molar-refractivity contribution is -0.926. The SMILES string of the molecule is CC[N+](CC)(CC)C[C@H]1O[C@@H](n2cnc3c(=O)[nH]c(N)nc32)[C@H](OCOC(c2ccccc2[N+](=O)[O-])C(C)(C)C)[C@H]1O. The van der Waals surface area contributed by atoms with Gasteiger partial charge in [-0.3, -0.25) is 24.5 Å². The second-order valence-corrected chi connectivity index (χ2v) is 11.8. The molecule has 0 radical (unpaired) electrons. The summed E-state index contributed by atoms with van der Waals surface area (Å²) in [4.78, 5) is 34.7. The largest absolute Gasteiger partial charge is 0.387 e. The molecule has 1 aromatic carbocycles. The Morgan fingerprint density at radius 3 is 2.52 bits per heavy atom. The Labute approximate surface area is 244 Å². The number of nitro groups is 1. The number of nitrogen functional groups attached to an aromatic ring is 1. The van der Waals surface area contributed by atoms with E-state index in [1.165, 1.54) is 17.0 Å². The van der Waals surface area contributed by atoms with Crippen molar-refractivity contribution in [2.45, 2.75) is 72.2 Å². The summed E-state index contributed by atoms with van der Waals surface area (Å²) in [6, 6.07) is 6.45. The number of benzene rings is 1. The first kappa shape index (κ1) is 31.5. The average Bonchev–Trinajstić information content (AvgIpc) is 3.49. The Morgan fingerprint density at radius 2 is 1.90 bits per heavy atom. The Hall–Kier alpha value is -3.43. The van der Waals surface area contributed by atoms with Crippen LogP contribution in [0.3, 0.4) is 0 Å². The van der Waals surface area contributed by atoms with Crippen LogP contribution in [-0.4, -0.2) is 85.3 Å². The number of quaternary nitrogens is 1. The van der Waals surface area contributed by atoms with Crippen LogP contribution in [0.25, 0.3) is 11.2 Å². The van der Waals surface area contributed by atoms with Crippen LogP contribution in [-0.2, 0) is 14.2 Å². The van der Waals surface area contributed by atoms with Crippen molar-refractivity contribution < 1.29 is 28.7 Å².